The number of aromatic nitrogens is 1. The normalized spacial score (nSPS) is 15.3. The fraction of sp³-hybridized carbons (Fsp3) is 0.250. The Morgan fingerprint density at radius 2 is 1.71 bits per heavy atom. The molecule has 0 spiro atoms. The van der Waals surface area contributed by atoms with Crippen LogP contribution in [0, 0.1) is 0 Å². The van der Waals surface area contributed by atoms with Gasteiger partial charge in [-0.2, -0.15) is 0 Å². The summed E-state index contributed by atoms with van der Waals surface area (Å²) in [6, 6.07) is 25.2. The van der Waals surface area contributed by atoms with Crippen LogP contribution in [0.15, 0.2) is 72.8 Å². The van der Waals surface area contributed by atoms with Crippen LogP contribution < -0.4 is 5.32 Å². The highest BCUT2D eigenvalue weighted by Gasteiger charge is 2.28. The minimum absolute atomic E-state index is 0.0273. The van der Waals surface area contributed by atoms with Crippen LogP contribution in [0.4, 0.5) is 5.00 Å². The third-order valence-corrected chi connectivity index (χ3v) is 9.92. The molecule has 0 atom stereocenters. The molecule has 0 saturated heterocycles. The number of hydrogen-bond acceptors (Lipinski definition) is 5. The summed E-state index contributed by atoms with van der Waals surface area (Å²) in [5, 5.41) is 5.26. The van der Waals surface area contributed by atoms with Gasteiger partial charge in [-0.05, 0) is 78.6 Å². The van der Waals surface area contributed by atoms with Crippen LogP contribution in [0.3, 0.4) is 0 Å². The highest BCUT2D eigenvalue weighted by atomic mass is 32.1. The first kappa shape index (κ1) is 23.8. The Morgan fingerprint density at radius 3 is 2.58 bits per heavy atom. The number of para-hydroxylation sites is 1. The maximum Gasteiger partial charge on any atom is 0.256 e. The second-order valence-corrected chi connectivity index (χ2v) is 12.4. The van der Waals surface area contributed by atoms with Gasteiger partial charge in [0.2, 0.25) is 0 Å². The van der Waals surface area contributed by atoms with E-state index in [1.54, 1.807) is 22.7 Å². The van der Waals surface area contributed by atoms with Gasteiger partial charge >= 0.3 is 0 Å². The van der Waals surface area contributed by atoms with Crippen molar-refractivity contribution in [3.8, 4) is 10.6 Å². The Hall–Kier alpha value is -3.32. The summed E-state index contributed by atoms with van der Waals surface area (Å²) in [7, 11) is 0. The molecule has 1 aliphatic carbocycles. The number of carbonyl (C=O) groups is 1. The molecule has 38 heavy (non-hydrogen) atoms. The van der Waals surface area contributed by atoms with Crippen molar-refractivity contribution in [2.75, 3.05) is 11.9 Å². The molecule has 1 amide bonds. The molecule has 7 rings (SSSR count). The van der Waals surface area contributed by atoms with Gasteiger partial charge in [-0.3, -0.25) is 9.69 Å². The number of benzene rings is 3. The van der Waals surface area contributed by atoms with Crippen LogP contribution in [0.1, 0.15) is 50.3 Å². The molecule has 0 fully saturated rings. The molecule has 3 heterocycles. The molecule has 0 bridgehead atoms. The number of nitrogens with zero attached hydrogens (tertiary/aromatic N) is 2. The lowest BCUT2D eigenvalue weighted by Gasteiger charge is -2.27. The van der Waals surface area contributed by atoms with Crippen LogP contribution in [0.5, 0.6) is 0 Å². The van der Waals surface area contributed by atoms with Crippen molar-refractivity contribution in [3.63, 3.8) is 0 Å². The summed E-state index contributed by atoms with van der Waals surface area (Å²) in [5.41, 5.74) is 8.29. The zero-order chi connectivity index (χ0) is 25.5. The zero-order valence-corrected chi connectivity index (χ0v) is 22.8. The first-order valence-electron chi connectivity index (χ1n) is 13.4. The van der Waals surface area contributed by atoms with E-state index in [1.165, 1.54) is 44.7 Å². The molecule has 2 aromatic heterocycles. The molecule has 0 radical (unpaired) electrons. The molecule has 1 aliphatic heterocycles. The van der Waals surface area contributed by atoms with Gasteiger partial charge in [0, 0.05) is 35.6 Å². The first-order valence-corrected chi connectivity index (χ1v) is 15.0. The van der Waals surface area contributed by atoms with Crippen LogP contribution in [0.25, 0.3) is 20.8 Å². The van der Waals surface area contributed by atoms with Crippen molar-refractivity contribution in [1.82, 2.24) is 9.88 Å². The number of aryl methyl sites for hydroxylation is 2. The Labute approximate surface area is 231 Å². The van der Waals surface area contributed by atoms with Crippen LogP contribution >= 0.6 is 22.7 Å². The van der Waals surface area contributed by atoms with Crippen LogP contribution in [-0.4, -0.2) is 22.3 Å². The van der Waals surface area contributed by atoms with Gasteiger partial charge in [0.25, 0.3) is 5.91 Å². The molecule has 3 aromatic carbocycles. The highest BCUT2D eigenvalue weighted by Crippen LogP contribution is 2.46. The zero-order valence-electron chi connectivity index (χ0n) is 21.2. The molecule has 4 nitrogen and oxygen atoms in total. The quantitative estimate of drug-likeness (QED) is 0.251. The molecule has 2 aliphatic rings. The standard InChI is InChI=1S/C32H29N3OS2/c36-30(24-15-14-22-10-4-5-11-23(22)18-24)34-32-29(31-33-26-12-6-7-13-27(26)37-31)25-16-17-35(20-28(25)38-32)19-21-8-2-1-3-9-21/h1-3,6-9,12-15,18H,4-5,10-11,16-17,19-20H2,(H,34,36). The van der Waals surface area contributed by atoms with Gasteiger partial charge in [0.05, 0.1) is 10.2 Å². The molecule has 0 saturated carbocycles. The Morgan fingerprint density at radius 1 is 0.895 bits per heavy atom. The van der Waals surface area contributed by atoms with Gasteiger partial charge in [-0.15, -0.1) is 22.7 Å². The number of hydrogen-bond donors (Lipinski definition) is 1. The van der Waals surface area contributed by atoms with E-state index < -0.39 is 0 Å². The number of nitrogens with one attached hydrogen (secondary N) is 1. The average molecular weight is 536 g/mol. The van der Waals surface area contributed by atoms with E-state index in [0.29, 0.717) is 0 Å². The Balaban J connectivity index is 1.24. The smallest absolute Gasteiger partial charge is 0.256 e. The largest absolute Gasteiger partial charge is 0.313 e. The van der Waals surface area contributed by atoms with Gasteiger partial charge in [-0.1, -0.05) is 48.5 Å². The third-order valence-electron chi connectivity index (χ3n) is 7.73. The number of rotatable bonds is 5. The van der Waals surface area contributed by atoms with E-state index in [2.05, 4.69) is 70.9 Å². The van der Waals surface area contributed by atoms with Gasteiger partial charge in [0.1, 0.15) is 10.0 Å². The van der Waals surface area contributed by atoms with E-state index in [9.17, 15) is 4.79 Å². The summed E-state index contributed by atoms with van der Waals surface area (Å²) >= 11 is 3.44. The van der Waals surface area contributed by atoms with Gasteiger partial charge in [0.15, 0.2) is 0 Å². The number of anilines is 1. The molecule has 6 heteroatoms. The summed E-state index contributed by atoms with van der Waals surface area (Å²) in [4.78, 5) is 22.4. The average Bonchev–Trinajstić information content (AvgIpc) is 3.53. The predicted molar refractivity (Wildman–Crippen MR) is 158 cm³/mol. The van der Waals surface area contributed by atoms with E-state index in [0.717, 1.165) is 65.5 Å². The SMILES string of the molecule is O=C(Nc1sc2c(c1-c1nc3ccccc3s1)CCN(Cc1ccccc1)C2)c1ccc2c(c1)CCCC2. The fourth-order valence-corrected chi connectivity index (χ4v) is 8.17. The number of thiophene rings is 1. The fourth-order valence-electron chi connectivity index (χ4n) is 5.78. The lowest BCUT2D eigenvalue weighted by molar-refractivity contribution is 0.102. The summed E-state index contributed by atoms with van der Waals surface area (Å²) in [6.07, 6.45) is 5.59. The predicted octanol–water partition coefficient (Wildman–Crippen LogP) is 7.71. The molecular weight excluding hydrogens is 507 g/mol. The Bertz CT molecular complexity index is 1600. The second-order valence-electron chi connectivity index (χ2n) is 10.3. The molecule has 1 N–H and O–H groups in total. The molecule has 5 aromatic rings. The van der Waals surface area contributed by atoms with Crippen molar-refractivity contribution in [1.29, 1.82) is 0 Å². The van der Waals surface area contributed by atoms with E-state index in [-0.39, 0.29) is 5.91 Å². The van der Waals surface area contributed by atoms with Gasteiger partial charge < -0.3 is 5.32 Å². The summed E-state index contributed by atoms with van der Waals surface area (Å²) < 4.78 is 1.18. The minimum atomic E-state index is -0.0273. The third kappa shape index (κ3) is 4.57. The summed E-state index contributed by atoms with van der Waals surface area (Å²) in [6.45, 7) is 2.82. The van der Waals surface area contributed by atoms with Crippen molar-refractivity contribution in [3.05, 3.63) is 105 Å². The van der Waals surface area contributed by atoms with Crippen LogP contribution in [-0.2, 0) is 32.4 Å². The van der Waals surface area contributed by atoms with Crippen molar-refractivity contribution in [2.24, 2.45) is 0 Å². The lowest BCUT2D eigenvalue weighted by atomic mass is 9.90. The number of fused-ring (bicyclic) bond motifs is 3. The highest BCUT2D eigenvalue weighted by molar-refractivity contribution is 7.23. The summed E-state index contributed by atoms with van der Waals surface area (Å²) in [5.74, 6) is -0.0273. The first-order chi connectivity index (χ1) is 18.7. The number of carbonyl (C=O) groups excluding carboxylic acids is 1. The maximum absolute atomic E-state index is 13.5. The van der Waals surface area contributed by atoms with E-state index >= 15 is 0 Å². The lowest BCUT2D eigenvalue weighted by Crippen LogP contribution is -2.29. The van der Waals surface area contributed by atoms with Crippen molar-refractivity contribution >= 4 is 43.8 Å². The monoisotopic (exact) mass is 535 g/mol. The number of amides is 1. The second kappa shape index (κ2) is 10.1. The molecule has 190 valence electrons. The maximum atomic E-state index is 13.5. The van der Waals surface area contributed by atoms with Crippen LogP contribution in [0.2, 0.25) is 0 Å². The van der Waals surface area contributed by atoms with E-state index in [1.807, 2.05) is 12.1 Å². The number of thiazole rings is 1. The van der Waals surface area contributed by atoms with Crippen molar-refractivity contribution < 1.29 is 4.79 Å². The topological polar surface area (TPSA) is 45.2 Å². The van der Waals surface area contributed by atoms with Crippen molar-refractivity contribution in [2.45, 2.75) is 45.2 Å². The minimum Gasteiger partial charge on any atom is -0.313 e. The Kier molecular flexibility index (Phi) is 6.32. The molecule has 0 unspecified atom stereocenters. The van der Waals surface area contributed by atoms with Gasteiger partial charge in [-0.25, -0.2) is 4.98 Å². The van der Waals surface area contributed by atoms with E-state index in [4.69, 9.17) is 4.98 Å². The molecular formula is C32H29N3OS2.